The van der Waals surface area contributed by atoms with Crippen LogP contribution in [0.4, 0.5) is 0 Å². The van der Waals surface area contributed by atoms with Gasteiger partial charge in [0.05, 0.1) is 18.9 Å². The van der Waals surface area contributed by atoms with Gasteiger partial charge in [-0.15, -0.1) is 0 Å². The molecule has 0 fully saturated rings. The molecule has 3 nitrogen and oxygen atoms in total. The lowest BCUT2D eigenvalue weighted by Crippen LogP contribution is -2.30. The van der Waals surface area contributed by atoms with E-state index in [4.69, 9.17) is 10.6 Å². The highest BCUT2D eigenvalue weighted by molar-refractivity contribution is 9.10. The van der Waals surface area contributed by atoms with Crippen LogP contribution in [-0.2, 0) is 4.74 Å². The average Bonchev–Trinajstić information content (AvgIpc) is 2.36. The molecule has 1 atom stereocenters. The van der Waals surface area contributed by atoms with E-state index < -0.39 is 0 Å². The maximum atomic E-state index is 5.69. The Labute approximate surface area is 110 Å². The van der Waals surface area contributed by atoms with E-state index in [1.165, 1.54) is 11.1 Å². The molecule has 0 saturated heterocycles. The van der Waals surface area contributed by atoms with E-state index in [-0.39, 0.29) is 6.04 Å². The van der Waals surface area contributed by atoms with Crippen LogP contribution in [0.2, 0.25) is 0 Å². The second kappa shape index (κ2) is 5.67. The van der Waals surface area contributed by atoms with Crippen LogP contribution in [0.3, 0.4) is 0 Å². The van der Waals surface area contributed by atoms with Crippen molar-refractivity contribution in [2.24, 2.45) is 5.84 Å². The van der Waals surface area contributed by atoms with Gasteiger partial charge in [0, 0.05) is 4.47 Å². The molecule has 0 radical (unpaired) electrons. The quantitative estimate of drug-likeness (QED) is 0.666. The van der Waals surface area contributed by atoms with Gasteiger partial charge in [-0.25, -0.2) is 5.43 Å². The first-order chi connectivity index (χ1) is 8.22. The molecule has 17 heavy (non-hydrogen) atoms. The van der Waals surface area contributed by atoms with Crippen molar-refractivity contribution in [3.8, 4) is 0 Å². The Bertz CT molecular complexity index is 431. The van der Waals surface area contributed by atoms with E-state index in [1.807, 2.05) is 6.26 Å². The summed E-state index contributed by atoms with van der Waals surface area (Å²) in [5.41, 5.74) is 6.46. The molecule has 1 unspecified atom stereocenters. The van der Waals surface area contributed by atoms with Gasteiger partial charge in [-0.05, 0) is 37.0 Å². The third-order valence-corrected chi connectivity index (χ3v) is 3.68. The van der Waals surface area contributed by atoms with Crippen molar-refractivity contribution in [1.82, 2.24) is 5.43 Å². The van der Waals surface area contributed by atoms with Gasteiger partial charge >= 0.3 is 0 Å². The van der Waals surface area contributed by atoms with Crippen LogP contribution in [0.5, 0.6) is 0 Å². The van der Waals surface area contributed by atoms with Gasteiger partial charge in [-0.1, -0.05) is 33.6 Å². The Morgan fingerprint density at radius 3 is 2.94 bits per heavy atom. The SMILES string of the molecule is Cc1ccc(Br)c(C(NN)C2=COCCC2)c1. The number of aryl methyl sites for hydroxylation is 1. The smallest absolute Gasteiger partial charge is 0.0876 e. The minimum absolute atomic E-state index is 0.0181. The van der Waals surface area contributed by atoms with Crippen LogP contribution in [0.25, 0.3) is 0 Å². The van der Waals surface area contributed by atoms with Crippen molar-refractivity contribution in [3.05, 3.63) is 45.6 Å². The summed E-state index contributed by atoms with van der Waals surface area (Å²) in [5, 5.41) is 0. The number of hydrazine groups is 1. The van der Waals surface area contributed by atoms with Crippen LogP contribution >= 0.6 is 15.9 Å². The Balaban J connectivity index is 2.34. The molecule has 2 rings (SSSR count). The maximum Gasteiger partial charge on any atom is 0.0876 e. The van der Waals surface area contributed by atoms with E-state index in [0.29, 0.717) is 0 Å². The molecule has 1 aromatic rings. The average molecular weight is 297 g/mol. The molecule has 1 aliphatic rings. The summed E-state index contributed by atoms with van der Waals surface area (Å²) in [4.78, 5) is 0. The third kappa shape index (κ3) is 2.89. The highest BCUT2D eigenvalue weighted by Crippen LogP contribution is 2.32. The van der Waals surface area contributed by atoms with Crippen molar-refractivity contribution in [2.75, 3.05) is 6.61 Å². The number of hydrogen-bond acceptors (Lipinski definition) is 3. The fourth-order valence-electron chi connectivity index (χ4n) is 2.08. The third-order valence-electron chi connectivity index (χ3n) is 2.96. The summed E-state index contributed by atoms with van der Waals surface area (Å²) < 4.78 is 6.45. The summed E-state index contributed by atoms with van der Waals surface area (Å²) in [7, 11) is 0. The van der Waals surface area contributed by atoms with Crippen LogP contribution in [0.15, 0.2) is 34.5 Å². The number of benzene rings is 1. The molecule has 0 aromatic heterocycles. The largest absolute Gasteiger partial charge is 0.501 e. The standard InChI is InChI=1S/C13H17BrN2O/c1-9-4-5-12(14)11(7-9)13(16-15)10-3-2-6-17-8-10/h4-5,7-8,13,16H,2-3,6,15H2,1H3. The highest BCUT2D eigenvalue weighted by Gasteiger charge is 2.20. The second-order valence-corrected chi connectivity index (χ2v) is 5.15. The van der Waals surface area contributed by atoms with E-state index in [9.17, 15) is 0 Å². The van der Waals surface area contributed by atoms with Crippen LogP contribution < -0.4 is 11.3 Å². The molecular formula is C13H17BrN2O. The lowest BCUT2D eigenvalue weighted by atomic mass is 9.95. The molecule has 0 spiro atoms. The molecule has 0 amide bonds. The fraction of sp³-hybridized carbons (Fsp3) is 0.385. The zero-order valence-corrected chi connectivity index (χ0v) is 11.5. The molecule has 1 heterocycles. The van der Waals surface area contributed by atoms with Gasteiger partial charge in [-0.2, -0.15) is 0 Å². The van der Waals surface area contributed by atoms with Gasteiger partial charge in [-0.3, -0.25) is 5.84 Å². The van der Waals surface area contributed by atoms with Crippen molar-refractivity contribution >= 4 is 15.9 Å². The normalized spacial score (nSPS) is 17.2. The van der Waals surface area contributed by atoms with Crippen molar-refractivity contribution in [1.29, 1.82) is 0 Å². The first-order valence-electron chi connectivity index (χ1n) is 5.75. The van der Waals surface area contributed by atoms with E-state index >= 15 is 0 Å². The van der Waals surface area contributed by atoms with Gasteiger partial charge in [0.15, 0.2) is 0 Å². The number of hydrogen-bond donors (Lipinski definition) is 2. The minimum Gasteiger partial charge on any atom is -0.501 e. The maximum absolute atomic E-state index is 5.69. The molecule has 0 bridgehead atoms. The zero-order chi connectivity index (χ0) is 12.3. The number of nitrogens with two attached hydrogens (primary N) is 1. The molecular weight excluding hydrogens is 280 g/mol. The minimum atomic E-state index is 0.0181. The predicted molar refractivity (Wildman–Crippen MR) is 72.2 cm³/mol. The lowest BCUT2D eigenvalue weighted by Gasteiger charge is -2.24. The highest BCUT2D eigenvalue weighted by atomic mass is 79.9. The predicted octanol–water partition coefficient (Wildman–Crippen LogP) is 2.96. The van der Waals surface area contributed by atoms with Crippen LogP contribution in [0.1, 0.15) is 30.0 Å². The summed E-state index contributed by atoms with van der Waals surface area (Å²) in [6, 6.07) is 6.29. The van der Waals surface area contributed by atoms with Crippen molar-refractivity contribution in [2.45, 2.75) is 25.8 Å². The Morgan fingerprint density at radius 1 is 1.47 bits per heavy atom. The first kappa shape index (κ1) is 12.6. The van der Waals surface area contributed by atoms with Crippen molar-refractivity contribution < 1.29 is 4.74 Å². The van der Waals surface area contributed by atoms with Gasteiger partial charge in [0.25, 0.3) is 0 Å². The Hall–Kier alpha value is -0.840. The summed E-state index contributed by atoms with van der Waals surface area (Å²) in [5.74, 6) is 5.69. The first-order valence-corrected chi connectivity index (χ1v) is 6.54. The lowest BCUT2D eigenvalue weighted by molar-refractivity contribution is 0.219. The van der Waals surface area contributed by atoms with Gasteiger partial charge < -0.3 is 4.74 Å². The molecule has 1 aliphatic heterocycles. The molecule has 0 saturated carbocycles. The summed E-state index contributed by atoms with van der Waals surface area (Å²) in [6.07, 6.45) is 3.91. The van der Waals surface area contributed by atoms with Crippen LogP contribution in [0, 0.1) is 6.92 Å². The molecule has 4 heteroatoms. The monoisotopic (exact) mass is 296 g/mol. The van der Waals surface area contributed by atoms with E-state index in [1.54, 1.807) is 0 Å². The fourth-order valence-corrected chi connectivity index (χ4v) is 2.55. The summed E-state index contributed by atoms with van der Waals surface area (Å²) in [6.45, 7) is 2.88. The van der Waals surface area contributed by atoms with E-state index in [0.717, 1.165) is 29.5 Å². The topological polar surface area (TPSA) is 47.3 Å². The van der Waals surface area contributed by atoms with Gasteiger partial charge in [0.2, 0.25) is 0 Å². The molecule has 1 aromatic carbocycles. The Kier molecular flexibility index (Phi) is 4.20. The molecule has 0 aliphatic carbocycles. The molecule has 3 N–H and O–H groups in total. The van der Waals surface area contributed by atoms with Gasteiger partial charge in [0.1, 0.15) is 0 Å². The number of rotatable bonds is 3. The second-order valence-electron chi connectivity index (χ2n) is 4.29. The number of nitrogens with one attached hydrogen (secondary N) is 1. The zero-order valence-electron chi connectivity index (χ0n) is 9.87. The van der Waals surface area contributed by atoms with Crippen LogP contribution in [-0.4, -0.2) is 6.61 Å². The molecule has 92 valence electrons. The van der Waals surface area contributed by atoms with E-state index in [2.05, 4.69) is 46.5 Å². The number of halogens is 1. The Morgan fingerprint density at radius 2 is 2.29 bits per heavy atom. The van der Waals surface area contributed by atoms with Crippen molar-refractivity contribution in [3.63, 3.8) is 0 Å². The number of ether oxygens (including phenoxy) is 1. The summed E-state index contributed by atoms with van der Waals surface area (Å²) >= 11 is 3.57.